The first-order valence-electron chi connectivity index (χ1n) is 8.13. The molecule has 0 aromatic carbocycles. The number of hydrogen-bond acceptors (Lipinski definition) is 2. The van der Waals surface area contributed by atoms with Crippen molar-refractivity contribution in [3.05, 3.63) is 11.6 Å². The predicted molar refractivity (Wildman–Crippen MR) is 90.8 cm³/mol. The van der Waals surface area contributed by atoms with Gasteiger partial charge in [-0.2, -0.15) is 0 Å². The standard InChI is InChI=1S/C17H33N3O/c1-14(6-10-17(2,3)4)20-16(18-5)19-11-7-15-8-12-21-13-9-15/h8,14H,6-7,9-13H2,1-5H3,(H2,18,19,20). The van der Waals surface area contributed by atoms with Crippen molar-refractivity contribution in [3.8, 4) is 0 Å². The van der Waals surface area contributed by atoms with Gasteiger partial charge in [-0.1, -0.05) is 32.4 Å². The van der Waals surface area contributed by atoms with Gasteiger partial charge in [0.15, 0.2) is 5.96 Å². The third-order valence-electron chi connectivity index (χ3n) is 3.73. The van der Waals surface area contributed by atoms with Crippen molar-refractivity contribution in [1.29, 1.82) is 0 Å². The fraction of sp³-hybridized carbons (Fsp3) is 0.824. The van der Waals surface area contributed by atoms with Crippen molar-refractivity contribution < 1.29 is 4.74 Å². The zero-order valence-electron chi connectivity index (χ0n) is 14.5. The Kier molecular flexibility index (Phi) is 7.79. The number of ether oxygens (including phenoxy) is 1. The second-order valence-electron chi connectivity index (χ2n) is 7.08. The van der Waals surface area contributed by atoms with Crippen molar-refractivity contribution >= 4 is 5.96 Å². The molecule has 0 spiro atoms. The molecule has 1 unspecified atom stereocenters. The number of aliphatic imine (C=N–C) groups is 1. The van der Waals surface area contributed by atoms with Crippen LogP contribution < -0.4 is 10.6 Å². The highest BCUT2D eigenvalue weighted by atomic mass is 16.5. The molecule has 1 heterocycles. The minimum Gasteiger partial charge on any atom is -0.377 e. The lowest BCUT2D eigenvalue weighted by Gasteiger charge is -2.23. The summed E-state index contributed by atoms with van der Waals surface area (Å²) in [4.78, 5) is 4.31. The van der Waals surface area contributed by atoms with Gasteiger partial charge in [0.2, 0.25) is 0 Å². The quantitative estimate of drug-likeness (QED) is 0.450. The summed E-state index contributed by atoms with van der Waals surface area (Å²) in [6.45, 7) is 11.6. The summed E-state index contributed by atoms with van der Waals surface area (Å²) in [5, 5.41) is 6.87. The second kappa shape index (κ2) is 9.08. The molecular formula is C17H33N3O. The first-order chi connectivity index (χ1) is 9.90. The molecule has 0 aromatic heterocycles. The molecule has 0 amide bonds. The fourth-order valence-electron chi connectivity index (χ4n) is 2.28. The molecule has 0 aliphatic carbocycles. The lowest BCUT2D eigenvalue weighted by atomic mass is 9.89. The first-order valence-corrected chi connectivity index (χ1v) is 8.13. The zero-order chi connectivity index (χ0) is 15.7. The minimum absolute atomic E-state index is 0.391. The average Bonchev–Trinajstić information content (AvgIpc) is 2.44. The number of hydrogen-bond donors (Lipinski definition) is 2. The lowest BCUT2D eigenvalue weighted by Crippen LogP contribution is -2.42. The Labute approximate surface area is 130 Å². The van der Waals surface area contributed by atoms with Gasteiger partial charge in [-0.05, 0) is 38.0 Å². The normalized spacial score (nSPS) is 18.1. The maximum Gasteiger partial charge on any atom is 0.191 e. The smallest absolute Gasteiger partial charge is 0.191 e. The summed E-state index contributed by atoms with van der Waals surface area (Å²) in [6, 6.07) is 0.442. The molecule has 122 valence electrons. The van der Waals surface area contributed by atoms with Crippen LogP contribution in [-0.2, 0) is 4.74 Å². The molecule has 1 atom stereocenters. The third kappa shape index (κ3) is 8.76. The first kappa shape index (κ1) is 18.0. The molecule has 1 aliphatic rings. The van der Waals surface area contributed by atoms with E-state index in [0.717, 1.165) is 45.0 Å². The average molecular weight is 295 g/mol. The van der Waals surface area contributed by atoms with E-state index < -0.39 is 0 Å². The summed E-state index contributed by atoms with van der Waals surface area (Å²) >= 11 is 0. The van der Waals surface area contributed by atoms with Crippen molar-refractivity contribution in [2.45, 2.75) is 59.4 Å². The van der Waals surface area contributed by atoms with E-state index in [2.05, 4.69) is 49.4 Å². The molecule has 21 heavy (non-hydrogen) atoms. The molecular weight excluding hydrogens is 262 g/mol. The largest absolute Gasteiger partial charge is 0.377 e. The van der Waals surface area contributed by atoms with E-state index in [1.54, 1.807) is 0 Å². The topological polar surface area (TPSA) is 45.7 Å². The van der Waals surface area contributed by atoms with Crippen LogP contribution in [0.3, 0.4) is 0 Å². The van der Waals surface area contributed by atoms with Gasteiger partial charge in [-0.25, -0.2) is 0 Å². The van der Waals surface area contributed by atoms with Gasteiger partial charge >= 0.3 is 0 Å². The predicted octanol–water partition coefficient (Wildman–Crippen LogP) is 3.10. The van der Waals surface area contributed by atoms with Gasteiger partial charge in [-0.3, -0.25) is 4.99 Å². The van der Waals surface area contributed by atoms with Gasteiger partial charge in [0.05, 0.1) is 13.2 Å². The molecule has 0 fully saturated rings. The Bertz CT molecular complexity index is 356. The van der Waals surface area contributed by atoms with Crippen LogP contribution in [0.4, 0.5) is 0 Å². The number of rotatable bonds is 6. The van der Waals surface area contributed by atoms with Crippen molar-refractivity contribution in [1.82, 2.24) is 10.6 Å². The van der Waals surface area contributed by atoms with Crippen LogP contribution in [0.25, 0.3) is 0 Å². The minimum atomic E-state index is 0.391. The van der Waals surface area contributed by atoms with Gasteiger partial charge < -0.3 is 15.4 Å². The monoisotopic (exact) mass is 295 g/mol. The molecule has 0 saturated heterocycles. The Morgan fingerprint density at radius 3 is 2.76 bits per heavy atom. The SMILES string of the molecule is CN=C(NCCC1=CCOCC1)NC(C)CCC(C)(C)C. The van der Waals surface area contributed by atoms with Crippen LogP contribution in [0, 0.1) is 5.41 Å². The zero-order valence-corrected chi connectivity index (χ0v) is 14.5. The molecule has 0 aromatic rings. The number of guanidine groups is 1. The maximum absolute atomic E-state index is 5.32. The lowest BCUT2D eigenvalue weighted by molar-refractivity contribution is 0.153. The van der Waals surface area contributed by atoms with Crippen LogP contribution in [0.5, 0.6) is 0 Å². The van der Waals surface area contributed by atoms with Crippen LogP contribution in [0.1, 0.15) is 53.4 Å². The highest BCUT2D eigenvalue weighted by Crippen LogP contribution is 2.21. The number of nitrogens with one attached hydrogen (secondary N) is 2. The van der Waals surface area contributed by atoms with E-state index in [1.807, 2.05) is 7.05 Å². The summed E-state index contributed by atoms with van der Waals surface area (Å²) in [5.41, 5.74) is 1.88. The van der Waals surface area contributed by atoms with E-state index in [1.165, 1.54) is 12.0 Å². The summed E-state index contributed by atoms with van der Waals surface area (Å²) in [7, 11) is 1.83. The molecule has 0 radical (unpaired) electrons. The third-order valence-corrected chi connectivity index (χ3v) is 3.73. The molecule has 1 rings (SSSR count). The van der Waals surface area contributed by atoms with E-state index in [9.17, 15) is 0 Å². The molecule has 4 nitrogen and oxygen atoms in total. The highest BCUT2D eigenvalue weighted by molar-refractivity contribution is 5.79. The number of nitrogens with zero attached hydrogens (tertiary/aromatic N) is 1. The van der Waals surface area contributed by atoms with Gasteiger partial charge in [0, 0.05) is 19.6 Å². The van der Waals surface area contributed by atoms with E-state index in [0.29, 0.717) is 11.5 Å². The van der Waals surface area contributed by atoms with E-state index in [-0.39, 0.29) is 0 Å². The maximum atomic E-state index is 5.32. The molecule has 1 aliphatic heterocycles. The molecule has 2 N–H and O–H groups in total. The van der Waals surface area contributed by atoms with Crippen LogP contribution >= 0.6 is 0 Å². The van der Waals surface area contributed by atoms with Crippen LogP contribution in [0.2, 0.25) is 0 Å². The van der Waals surface area contributed by atoms with Gasteiger partial charge in [-0.15, -0.1) is 0 Å². The summed E-state index contributed by atoms with van der Waals surface area (Å²) < 4.78 is 5.32. The van der Waals surface area contributed by atoms with Crippen molar-refractivity contribution in [2.75, 3.05) is 26.8 Å². The van der Waals surface area contributed by atoms with Gasteiger partial charge in [0.25, 0.3) is 0 Å². The summed E-state index contributed by atoms with van der Waals surface area (Å²) in [6.07, 6.45) is 6.71. The Morgan fingerprint density at radius 1 is 1.43 bits per heavy atom. The van der Waals surface area contributed by atoms with Crippen LogP contribution in [0.15, 0.2) is 16.6 Å². The molecule has 0 bridgehead atoms. The van der Waals surface area contributed by atoms with Crippen LogP contribution in [-0.4, -0.2) is 38.8 Å². The van der Waals surface area contributed by atoms with Gasteiger partial charge in [0.1, 0.15) is 0 Å². The van der Waals surface area contributed by atoms with Crippen molar-refractivity contribution in [3.63, 3.8) is 0 Å². The Balaban J connectivity index is 2.23. The van der Waals surface area contributed by atoms with E-state index in [4.69, 9.17) is 4.74 Å². The highest BCUT2D eigenvalue weighted by Gasteiger charge is 2.13. The fourth-order valence-corrected chi connectivity index (χ4v) is 2.28. The Hall–Kier alpha value is -1.03. The van der Waals surface area contributed by atoms with E-state index >= 15 is 0 Å². The summed E-state index contributed by atoms with van der Waals surface area (Å²) in [5.74, 6) is 0.907. The van der Waals surface area contributed by atoms with Crippen molar-refractivity contribution in [2.24, 2.45) is 10.4 Å². The molecule has 4 heteroatoms. The second-order valence-corrected chi connectivity index (χ2v) is 7.08. The Morgan fingerprint density at radius 2 is 2.19 bits per heavy atom. The molecule has 0 saturated carbocycles.